The van der Waals surface area contributed by atoms with Gasteiger partial charge in [-0.15, -0.1) is 0 Å². The Hall–Kier alpha value is -1.46. The quantitative estimate of drug-likeness (QED) is 0.723. The van der Waals surface area contributed by atoms with Gasteiger partial charge in [-0.2, -0.15) is 0 Å². The highest BCUT2D eigenvalue weighted by molar-refractivity contribution is 6.34. The number of nitrogens with one attached hydrogen (secondary N) is 1. The van der Waals surface area contributed by atoms with Gasteiger partial charge in [0.25, 0.3) is 0 Å². The molecule has 1 atom stereocenters. The average molecular weight is 285 g/mol. The van der Waals surface area contributed by atoms with E-state index < -0.39 is 5.97 Å². The number of hydrogen-bond acceptors (Lipinski definition) is 4. The van der Waals surface area contributed by atoms with Gasteiger partial charge in [0.15, 0.2) is 0 Å². The molecule has 104 valence electrons. The van der Waals surface area contributed by atoms with Gasteiger partial charge in [0.2, 0.25) is 0 Å². The van der Waals surface area contributed by atoms with Crippen LogP contribution in [0.2, 0.25) is 5.02 Å². The maximum Gasteiger partial charge on any atom is 0.337 e. The second-order valence-electron chi connectivity index (χ2n) is 4.68. The first-order valence-corrected chi connectivity index (χ1v) is 6.59. The molecule has 1 fully saturated rings. The zero-order valence-corrected chi connectivity index (χ0v) is 11.2. The van der Waals surface area contributed by atoms with E-state index in [0.29, 0.717) is 28.9 Å². The van der Waals surface area contributed by atoms with E-state index in [1.54, 1.807) is 6.07 Å². The molecule has 0 saturated carbocycles. The van der Waals surface area contributed by atoms with E-state index in [9.17, 15) is 4.79 Å². The molecule has 1 unspecified atom stereocenters. The molecule has 0 radical (unpaired) electrons. The molecule has 4 N–H and O–H groups in total. The lowest BCUT2D eigenvalue weighted by atomic mass is 10.1. The lowest BCUT2D eigenvalue weighted by molar-refractivity contribution is 0.0698. The molecule has 0 bridgehead atoms. The summed E-state index contributed by atoms with van der Waals surface area (Å²) < 4.78 is 5.30. The number of nitrogen functional groups attached to an aromatic ring is 1. The minimum atomic E-state index is -1.04. The summed E-state index contributed by atoms with van der Waals surface area (Å²) in [7, 11) is 0. The van der Waals surface area contributed by atoms with Crippen LogP contribution in [0.3, 0.4) is 0 Å². The minimum Gasteiger partial charge on any atom is -0.478 e. The van der Waals surface area contributed by atoms with Crippen molar-refractivity contribution in [3.8, 4) is 0 Å². The van der Waals surface area contributed by atoms with Crippen LogP contribution in [0.5, 0.6) is 0 Å². The number of carbonyl (C=O) groups is 1. The predicted molar refractivity (Wildman–Crippen MR) is 74.9 cm³/mol. The van der Waals surface area contributed by atoms with Crippen molar-refractivity contribution in [2.24, 2.45) is 5.92 Å². The van der Waals surface area contributed by atoms with Gasteiger partial charge in [-0.3, -0.25) is 0 Å². The van der Waals surface area contributed by atoms with Crippen molar-refractivity contribution >= 4 is 28.9 Å². The number of ether oxygens (including phenoxy) is 1. The number of nitrogens with two attached hydrogens (primary N) is 1. The molecule has 1 aromatic rings. The minimum absolute atomic E-state index is 0.104. The van der Waals surface area contributed by atoms with Crippen LogP contribution in [0.25, 0.3) is 0 Å². The summed E-state index contributed by atoms with van der Waals surface area (Å²) in [6.45, 7) is 2.26. The maximum atomic E-state index is 11.2. The first-order valence-electron chi connectivity index (χ1n) is 6.22. The van der Waals surface area contributed by atoms with Crippen molar-refractivity contribution < 1.29 is 14.6 Å². The Morgan fingerprint density at radius 3 is 3.00 bits per heavy atom. The molecule has 1 aromatic carbocycles. The number of benzene rings is 1. The summed E-state index contributed by atoms with van der Waals surface area (Å²) in [6.07, 6.45) is 1.99. The van der Waals surface area contributed by atoms with Crippen LogP contribution < -0.4 is 11.1 Å². The summed E-state index contributed by atoms with van der Waals surface area (Å²) >= 11 is 6.04. The molecule has 5 nitrogen and oxygen atoms in total. The van der Waals surface area contributed by atoms with E-state index >= 15 is 0 Å². The number of carboxylic acids is 1. The highest BCUT2D eigenvalue weighted by Gasteiger charge is 2.17. The summed E-state index contributed by atoms with van der Waals surface area (Å²) in [5.41, 5.74) is 6.48. The van der Waals surface area contributed by atoms with Crippen LogP contribution in [-0.4, -0.2) is 30.8 Å². The van der Waals surface area contributed by atoms with Gasteiger partial charge in [-0.25, -0.2) is 4.79 Å². The SMILES string of the molecule is Nc1cc(Cl)c(NCCC2CCOC2)c(C(=O)O)c1. The Bertz CT molecular complexity index is 473. The molecular formula is C13H17ClN2O3. The van der Waals surface area contributed by atoms with Gasteiger partial charge < -0.3 is 20.9 Å². The standard InChI is InChI=1S/C13H17ClN2O3/c14-11-6-9(15)5-10(13(17)18)12(11)16-3-1-8-2-4-19-7-8/h5-6,8,16H,1-4,7,15H2,(H,17,18). The molecule has 19 heavy (non-hydrogen) atoms. The Morgan fingerprint density at radius 1 is 1.58 bits per heavy atom. The molecule has 1 heterocycles. The Balaban J connectivity index is 2.03. The Kier molecular flexibility index (Phi) is 4.50. The topological polar surface area (TPSA) is 84.6 Å². The zero-order valence-electron chi connectivity index (χ0n) is 10.5. The third kappa shape index (κ3) is 3.52. The van der Waals surface area contributed by atoms with Gasteiger partial charge in [0, 0.05) is 25.4 Å². The van der Waals surface area contributed by atoms with Crippen LogP contribution >= 0.6 is 11.6 Å². The van der Waals surface area contributed by atoms with E-state index in [4.69, 9.17) is 27.2 Å². The van der Waals surface area contributed by atoms with Crippen molar-refractivity contribution in [2.75, 3.05) is 30.8 Å². The molecule has 0 amide bonds. The van der Waals surface area contributed by atoms with Crippen LogP contribution in [0.4, 0.5) is 11.4 Å². The largest absolute Gasteiger partial charge is 0.478 e. The lowest BCUT2D eigenvalue weighted by Crippen LogP contribution is -2.12. The second-order valence-corrected chi connectivity index (χ2v) is 5.08. The summed E-state index contributed by atoms with van der Waals surface area (Å²) in [5.74, 6) is -0.505. The summed E-state index contributed by atoms with van der Waals surface area (Å²) in [5, 5.41) is 12.6. The normalized spacial score (nSPS) is 18.5. The van der Waals surface area contributed by atoms with Crippen LogP contribution in [0.15, 0.2) is 12.1 Å². The number of carboxylic acid groups (broad SMARTS) is 1. The van der Waals surface area contributed by atoms with E-state index in [1.165, 1.54) is 6.07 Å². The van der Waals surface area contributed by atoms with E-state index in [2.05, 4.69) is 5.32 Å². The fraction of sp³-hybridized carbons (Fsp3) is 0.462. The fourth-order valence-electron chi connectivity index (χ4n) is 2.19. The summed E-state index contributed by atoms with van der Waals surface area (Å²) in [6, 6.07) is 2.96. The molecule has 1 aliphatic heterocycles. The zero-order chi connectivity index (χ0) is 13.8. The van der Waals surface area contributed by atoms with Crippen molar-refractivity contribution in [1.29, 1.82) is 0 Å². The molecule has 1 saturated heterocycles. The molecule has 1 aliphatic rings. The number of rotatable bonds is 5. The highest BCUT2D eigenvalue weighted by atomic mass is 35.5. The Labute approximate surface area is 116 Å². The van der Waals surface area contributed by atoms with Crippen molar-refractivity contribution in [3.05, 3.63) is 22.7 Å². The third-order valence-electron chi connectivity index (χ3n) is 3.22. The number of halogens is 1. The summed E-state index contributed by atoms with van der Waals surface area (Å²) in [4.78, 5) is 11.2. The van der Waals surface area contributed by atoms with Crippen LogP contribution in [0.1, 0.15) is 23.2 Å². The predicted octanol–water partition coefficient (Wildman–Crippen LogP) is 2.46. The first-order chi connectivity index (χ1) is 9.08. The molecule has 0 spiro atoms. The molecule has 2 rings (SSSR count). The van der Waals surface area contributed by atoms with E-state index in [-0.39, 0.29) is 5.56 Å². The van der Waals surface area contributed by atoms with Gasteiger partial charge >= 0.3 is 5.97 Å². The van der Waals surface area contributed by atoms with Gasteiger partial charge in [0.05, 0.1) is 16.3 Å². The van der Waals surface area contributed by atoms with Crippen molar-refractivity contribution in [1.82, 2.24) is 0 Å². The smallest absolute Gasteiger partial charge is 0.337 e. The highest BCUT2D eigenvalue weighted by Crippen LogP contribution is 2.29. The molecular weight excluding hydrogens is 268 g/mol. The van der Waals surface area contributed by atoms with Crippen LogP contribution in [-0.2, 0) is 4.74 Å². The fourth-order valence-corrected chi connectivity index (χ4v) is 2.48. The van der Waals surface area contributed by atoms with E-state index in [0.717, 1.165) is 26.1 Å². The second kappa shape index (κ2) is 6.12. The van der Waals surface area contributed by atoms with Gasteiger partial charge in [-0.05, 0) is 30.9 Å². The van der Waals surface area contributed by atoms with Crippen molar-refractivity contribution in [3.63, 3.8) is 0 Å². The third-order valence-corrected chi connectivity index (χ3v) is 3.52. The first kappa shape index (κ1) is 14.0. The van der Waals surface area contributed by atoms with Crippen LogP contribution in [0, 0.1) is 5.92 Å². The number of aromatic carboxylic acids is 1. The van der Waals surface area contributed by atoms with Gasteiger partial charge in [0.1, 0.15) is 0 Å². The Morgan fingerprint density at radius 2 is 2.37 bits per heavy atom. The maximum absolute atomic E-state index is 11.2. The number of hydrogen-bond donors (Lipinski definition) is 3. The van der Waals surface area contributed by atoms with Crippen molar-refractivity contribution in [2.45, 2.75) is 12.8 Å². The molecule has 6 heteroatoms. The molecule has 0 aromatic heterocycles. The van der Waals surface area contributed by atoms with E-state index in [1.807, 2.05) is 0 Å². The average Bonchev–Trinajstić information content (AvgIpc) is 2.84. The molecule has 0 aliphatic carbocycles. The number of anilines is 2. The van der Waals surface area contributed by atoms with Gasteiger partial charge in [-0.1, -0.05) is 11.6 Å². The monoisotopic (exact) mass is 284 g/mol. The lowest BCUT2D eigenvalue weighted by Gasteiger charge is -2.14.